The molecule has 3 heteroatoms. The summed E-state index contributed by atoms with van der Waals surface area (Å²) in [5, 5.41) is 12.9. The van der Waals surface area contributed by atoms with E-state index in [1.165, 1.54) is 6.42 Å². The molecule has 0 spiro atoms. The van der Waals surface area contributed by atoms with E-state index in [0.29, 0.717) is 0 Å². The number of hydrogen-bond donors (Lipinski definition) is 2. The molecule has 0 amide bonds. The molecule has 1 aliphatic heterocycles. The Morgan fingerprint density at radius 2 is 1.87 bits per heavy atom. The van der Waals surface area contributed by atoms with Crippen molar-refractivity contribution in [2.24, 2.45) is 0 Å². The van der Waals surface area contributed by atoms with Gasteiger partial charge in [0.1, 0.15) is 0 Å². The highest BCUT2D eigenvalue weighted by molar-refractivity contribution is 4.73. The van der Waals surface area contributed by atoms with Crippen molar-refractivity contribution in [2.75, 3.05) is 26.2 Å². The minimum atomic E-state index is -0.0473. The lowest BCUT2D eigenvalue weighted by atomic mass is 10.1. The summed E-state index contributed by atoms with van der Waals surface area (Å²) in [6.07, 6.45) is 3.06. The van der Waals surface area contributed by atoms with Crippen LogP contribution in [-0.4, -0.2) is 47.8 Å². The van der Waals surface area contributed by atoms with Crippen LogP contribution in [0.1, 0.15) is 40.0 Å². The van der Waals surface area contributed by atoms with Crippen LogP contribution in [0.25, 0.3) is 0 Å². The van der Waals surface area contributed by atoms with Crippen molar-refractivity contribution < 1.29 is 5.11 Å². The summed E-state index contributed by atoms with van der Waals surface area (Å²) in [5.41, 5.74) is 0.234. The Hall–Kier alpha value is -0.120. The van der Waals surface area contributed by atoms with Gasteiger partial charge in [0.25, 0.3) is 0 Å². The lowest BCUT2D eigenvalue weighted by Crippen LogP contribution is -2.40. The van der Waals surface area contributed by atoms with Crippen LogP contribution >= 0.6 is 0 Å². The molecule has 1 heterocycles. The molecule has 1 fully saturated rings. The van der Waals surface area contributed by atoms with Gasteiger partial charge in [-0.05, 0) is 53.1 Å². The molecule has 1 saturated heterocycles. The molecular weight excluding hydrogens is 188 g/mol. The van der Waals surface area contributed by atoms with Gasteiger partial charge in [-0.1, -0.05) is 0 Å². The number of aliphatic hydroxyl groups excluding tert-OH is 1. The molecular formula is C12H26N2O. The van der Waals surface area contributed by atoms with E-state index in [0.717, 1.165) is 39.0 Å². The Labute approximate surface area is 93.9 Å². The van der Waals surface area contributed by atoms with Gasteiger partial charge in [-0.15, -0.1) is 0 Å². The number of nitrogens with one attached hydrogen (secondary N) is 1. The van der Waals surface area contributed by atoms with Crippen LogP contribution in [0, 0.1) is 0 Å². The quantitative estimate of drug-likeness (QED) is 0.691. The van der Waals surface area contributed by atoms with E-state index >= 15 is 0 Å². The average Bonchev–Trinajstić information content (AvgIpc) is 2.14. The number of aliphatic hydroxyl groups is 1. The maximum Gasteiger partial charge on any atom is 0.0564 e. The largest absolute Gasteiger partial charge is 0.393 e. The van der Waals surface area contributed by atoms with Crippen molar-refractivity contribution in [3.63, 3.8) is 0 Å². The van der Waals surface area contributed by atoms with Gasteiger partial charge in [-0.3, -0.25) is 0 Å². The molecule has 15 heavy (non-hydrogen) atoms. The normalized spacial score (nSPS) is 20.8. The first-order valence-corrected chi connectivity index (χ1v) is 6.13. The second-order valence-electron chi connectivity index (χ2n) is 5.60. The topological polar surface area (TPSA) is 35.5 Å². The number of hydrogen-bond acceptors (Lipinski definition) is 3. The third-order valence-electron chi connectivity index (χ3n) is 2.86. The molecule has 1 aliphatic rings. The molecule has 0 aromatic carbocycles. The smallest absolute Gasteiger partial charge is 0.0564 e. The zero-order valence-corrected chi connectivity index (χ0v) is 10.4. The third-order valence-corrected chi connectivity index (χ3v) is 2.86. The first kappa shape index (κ1) is 12.9. The highest BCUT2D eigenvalue weighted by atomic mass is 16.3. The Bertz CT molecular complexity index is 169. The van der Waals surface area contributed by atoms with Gasteiger partial charge in [0.2, 0.25) is 0 Å². The summed E-state index contributed by atoms with van der Waals surface area (Å²) in [6.45, 7) is 11.0. The standard InChI is InChI=1S/C12H26N2O/c1-12(2,3)13-7-4-8-14-9-5-11(15)6-10-14/h11,13,15H,4-10H2,1-3H3. The number of rotatable bonds is 4. The first-order chi connectivity index (χ1) is 6.97. The van der Waals surface area contributed by atoms with Crippen molar-refractivity contribution in [3.05, 3.63) is 0 Å². The van der Waals surface area contributed by atoms with Crippen molar-refractivity contribution >= 4 is 0 Å². The van der Waals surface area contributed by atoms with Gasteiger partial charge in [0.05, 0.1) is 6.10 Å². The van der Waals surface area contributed by atoms with Crippen LogP contribution in [0.15, 0.2) is 0 Å². The van der Waals surface area contributed by atoms with E-state index in [4.69, 9.17) is 0 Å². The first-order valence-electron chi connectivity index (χ1n) is 6.13. The highest BCUT2D eigenvalue weighted by Gasteiger charge is 2.16. The van der Waals surface area contributed by atoms with Gasteiger partial charge in [-0.2, -0.15) is 0 Å². The van der Waals surface area contributed by atoms with Gasteiger partial charge in [-0.25, -0.2) is 0 Å². The molecule has 3 nitrogen and oxygen atoms in total. The fourth-order valence-corrected chi connectivity index (χ4v) is 1.91. The van der Waals surface area contributed by atoms with Crippen LogP contribution in [-0.2, 0) is 0 Å². The van der Waals surface area contributed by atoms with Crippen LogP contribution in [0.3, 0.4) is 0 Å². The summed E-state index contributed by atoms with van der Waals surface area (Å²) in [4.78, 5) is 2.46. The minimum absolute atomic E-state index is 0.0473. The molecule has 0 radical (unpaired) electrons. The Morgan fingerprint density at radius 3 is 2.40 bits per heavy atom. The third kappa shape index (κ3) is 6.13. The zero-order chi connectivity index (χ0) is 11.3. The summed E-state index contributed by atoms with van der Waals surface area (Å²) in [7, 11) is 0. The number of likely N-dealkylation sites (tertiary alicyclic amines) is 1. The fourth-order valence-electron chi connectivity index (χ4n) is 1.91. The predicted octanol–water partition coefficient (Wildman–Crippen LogP) is 1.22. The van der Waals surface area contributed by atoms with Crippen LogP contribution in [0.5, 0.6) is 0 Å². The van der Waals surface area contributed by atoms with Crippen LogP contribution in [0.2, 0.25) is 0 Å². The lowest BCUT2D eigenvalue weighted by molar-refractivity contribution is 0.0819. The molecule has 2 N–H and O–H groups in total. The van der Waals surface area contributed by atoms with E-state index < -0.39 is 0 Å². The van der Waals surface area contributed by atoms with Crippen LogP contribution in [0.4, 0.5) is 0 Å². The molecule has 0 atom stereocenters. The van der Waals surface area contributed by atoms with E-state index in [9.17, 15) is 5.11 Å². The number of nitrogens with zero attached hydrogens (tertiary/aromatic N) is 1. The van der Waals surface area contributed by atoms with Gasteiger partial charge >= 0.3 is 0 Å². The molecule has 0 saturated carbocycles. The Morgan fingerprint density at radius 1 is 1.27 bits per heavy atom. The van der Waals surface area contributed by atoms with E-state index in [-0.39, 0.29) is 11.6 Å². The molecule has 0 bridgehead atoms. The van der Waals surface area contributed by atoms with Crippen molar-refractivity contribution in [1.29, 1.82) is 0 Å². The minimum Gasteiger partial charge on any atom is -0.393 e. The number of piperidine rings is 1. The van der Waals surface area contributed by atoms with Gasteiger partial charge < -0.3 is 15.3 Å². The second-order valence-corrected chi connectivity index (χ2v) is 5.60. The molecule has 0 aromatic heterocycles. The van der Waals surface area contributed by atoms with Crippen molar-refractivity contribution in [2.45, 2.75) is 51.7 Å². The van der Waals surface area contributed by atoms with Gasteiger partial charge in [0.15, 0.2) is 0 Å². The summed E-state index contributed by atoms with van der Waals surface area (Å²) in [6, 6.07) is 0. The molecule has 0 unspecified atom stereocenters. The van der Waals surface area contributed by atoms with Crippen molar-refractivity contribution in [3.8, 4) is 0 Å². The Balaban J connectivity index is 2.01. The Kier molecular flexibility index (Phi) is 5.03. The summed E-state index contributed by atoms with van der Waals surface area (Å²) in [5.74, 6) is 0. The molecule has 90 valence electrons. The molecule has 1 rings (SSSR count). The maximum absolute atomic E-state index is 9.37. The van der Waals surface area contributed by atoms with E-state index in [1.54, 1.807) is 0 Å². The average molecular weight is 214 g/mol. The summed E-state index contributed by atoms with van der Waals surface area (Å²) >= 11 is 0. The monoisotopic (exact) mass is 214 g/mol. The second kappa shape index (κ2) is 5.83. The fraction of sp³-hybridized carbons (Fsp3) is 1.00. The highest BCUT2D eigenvalue weighted by Crippen LogP contribution is 2.09. The summed E-state index contributed by atoms with van der Waals surface area (Å²) < 4.78 is 0. The van der Waals surface area contributed by atoms with E-state index in [1.807, 2.05) is 0 Å². The lowest BCUT2D eigenvalue weighted by Gasteiger charge is -2.30. The van der Waals surface area contributed by atoms with Gasteiger partial charge in [0, 0.05) is 18.6 Å². The SMILES string of the molecule is CC(C)(C)NCCCN1CCC(O)CC1. The predicted molar refractivity (Wildman–Crippen MR) is 64.1 cm³/mol. The maximum atomic E-state index is 9.37. The van der Waals surface area contributed by atoms with E-state index in [2.05, 4.69) is 31.0 Å². The molecule has 0 aliphatic carbocycles. The molecule has 0 aromatic rings. The van der Waals surface area contributed by atoms with Crippen molar-refractivity contribution in [1.82, 2.24) is 10.2 Å². The zero-order valence-electron chi connectivity index (χ0n) is 10.4. The van der Waals surface area contributed by atoms with Crippen LogP contribution < -0.4 is 5.32 Å².